The van der Waals surface area contributed by atoms with Gasteiger partial charge in [-0.15, -0.1) is 0 Å². The van der Waals surface area contributed by atoms with Gasteiger partial charge in [0.15, 0.2) is 0 Å². The average molecular weight is 478 g/mol. The second-order valence-corrected chi connectivity index (χ2v) is 7.88. The highest BCUT2D eigenvalue weighted by Gasteiger charge is 2.33. The molecule has 1 N–H and O–H groups in total. The van der Waals surface area contributed by atoms with E-state index >= 15 is 0 Å². The van der Waals surface area contributed by atoms with Crippen molar-refractivity contribution < 1.29 is 4.39 Å². The highest BCUT2D eigenvalue weighted by molar-refractivity contribution is 9.11. The first-order valence-electron chi connectivity index (χ1n) is 6.71. The van der Waals surface area contributed by atoms with Crippen LogP contribution >= 0.6 is 47.8 Å². The van der Waals surface area contributed by atoms with Gasteiger partial charge in [-0.3, -0.25) is 0 Å². The Morgan fingerprint density at radius 1 is 1.00 bits per heavy atom. The van der Waals surface area contributed by atoms with E-state index in [4.69, 9.17) is 0 Å². The molecule has 1 unspecified atom stereocenters. The molecule has 110 valence electrons. The second-order valence-electron chi connectivity index (χ2n) is 5.26. The maximum atomic E-state index is 13.1. The summed E-state index contributed by atoms with van der Waals surface area (Å²) in [5.41, 5.74) is 2.15. The molecule has 0 bridgehead atoms. The van der Waals surface area contributed by atoms with E-state index in [-0.39, 0.29) is 11.9 Å². The van der Waals surface area contributed by atoms with Gasteiger partial charge in [0.1, 0.15) is 5.82 Å². The zero-order valence-corrected chi connectivity index (χ0v) is 15.8. The monoisotopic (exact) mass is 475 g/mol. The van der Waals surface area contributed by atoms with Crippen molar-refractivity contribution in [3.05, 3.63) is 61.2 Å². The van der Waals surface area contributed by atoms with Crippen LogP contribution in [-0.4, -0.2) is 0 Å². The van der Waals surface area contributed by atoms with Gasteiger partial charge in [0.2, 0.25) is 0 Å². The van der Waals surface area contributed by atoms with Crippen LogP contribution in [0.4, 0.5) is 10.1 Å². The van der Waals surface area contributed by atoms with Crippen LogP contribution in [0.5, 0.6) is 0 Å². The van der Waals surface area contributed by atoms with E-state index in [1.54, 1.807) is 0 Å². The molecule has 1 fully saturated rings. The molecule has 3 rings (SSSR count). The van der Waals surface area contributed by atoms with E-state index in [1.807, 2.05) is 24.3 Å². The van der Waals surface area contributed by atoms with Crippen LogP contribution in [0.15, 0.2) is 49.8 Å². The predicted octanol–water partition coefficient (Wildman–Crippen LogP) is 6.68. The number of halogens is 4. The zero-order chi connectivity index (χ0) is 15.0. The van der Waals surface area contributed by atoms with Crippen molar-refractivity contribution in [2.75, 3.05) is 5.32 Å². The molecule has 0 saturated heterocycles. The average Bonchev–Trinajstić information content (AvgIpc) is 3.24. The van der Waals surface area contributed by atoms with Gasteiger partial charge in [0, 0.05) is 13.4 Å². The van der Waals surface area contributed by atoms with E-state index in [0.29, 0.717) is 5.92 Å². The Morgan fingerprint density at radius 2 is 1.57 bits per heavy atom. The lowest BCUT2D eigenvalue weighted by Crippen LogP contribution is -2.13. The molecule has 1 aliphatic carbocycles. The Kier molecular flexibility index (Phi) is 4.71. The highest BCUT2D eigenvalue weighted by Crippen LogP contribution is 2.45. The predicted molar refractivity (Wildman–Crippen MR) is 95.0 cm³/mol. The summed E-state index contributed by atoms with van der Waals surface area (Å²) in [6.45, 7) is 0. The fourth-order valence-corrected chi connectivity index (χ4v) is 4.90. The van der Waals surface area contributed by atoms with Crippen LogP contribution in [0, 0.1) is 11.7 Å². The molecule has 1 atom stereocenters. The molecule has 2 aromatic rings. The smallest absolute Gasteiger partial charge is 0.123 e. The van der Waals surface area contributed by atoms with Crippen LogP contribution in [-0.2, 0) is 0 Å². The van der Waals surface area contributed by atoms with Crippen molar-refractivity contribution >= 4 is 53.5 Å². The second kappa shape index (κ2) is 6.39. The summed E-state index contributed by atoms with van der Waals surface area (Å²) in [6, 6.07) is 11.0. The van der Waals surface area contributed by atoms with Gasteiger partial charge in [-0.05, 0) is 80.4 Å². The molecule has 0 aromatic heterocycles. The number of nitrogens with one attached hydrogen (secondary N) is 1. The van der Waals surface area contributed by atoms with Crippen LogP contribution in [0.3, 0.4) is 0 Å². The molecule has 0 heterocycles. The first kappa shape index (κ1) is 15.5. The molecule has 1 saturated carbocycles. The molecule has 0 radical (unpaired) electrons. The van der Waals surface area contributed by atoms with Gasteiger partial charge >= 0.3 is 0 Å². The number of rotatable bonds is 4. The van der Waals surface area contributed by atoms with Crippen molar-refractivity contribution in [2.45, 2.75) is 18.9 Å². The minimum Gasteiger partial charge on any atom is -0.376 e. The summed E-state index contributed by atoms with van der Waals surface area (Å²) < 4.78 is 16.1. The molecule has 0 amide bonds. The van der Waals surface area contributed by atoms with Gasteiger partial charge in [0.25, 0.3) is 0 Å². The van der Waals surface area contributed by atoms with Gasteiger partial charge in [-0.25, -0.2) is 4.39 Å². The van der Waals surface area contributed by atoms with Crippen molar-refractivity contribution in [3.63, 3.8) is 0 Å². The first-order chi connectivity index (χ1) is 10.0. The Bertz CT molecular complexity index is 630. The minimum absolute atomic E-state index is 0.195. The SMILES string of the molecule is Fc1ccc(C(Nc2c(Br)cc(Br)cc2Br)C2CC2)cc1. The van der Waals surface area contributed by atoms with E-state index in [2.05, 4.69) is 53.1 Å². The molecule has 1 aliphatic rings. The fourth-order valence-electron chi connectivity index (χ4n) is 2.41. The number of hydrogen-bond acceptors (Lipinski definition) is 1. The van der Waals surface area contributed by atoms with Gasteiger partial charge in [-0.2, -0.15) is 0 Å². The maximum Gasteiger partial charge on any atom is 0.123 e. The van der Waals surface area contributed by atoms with E-state index in [9.17, 15) is 4.39 Å². The van der Waals surface area contributed by atoms with Crippen LogP contribution in [0.1, 0.15) is 24.4 Å². The van der Waals surface area contributed by atoms with Crippen molar-refractivity contribution in [2.24, 2.45) is 5.92 Å². The molecule has 2 aromatic carbocycles. The summed E-state index contributed by atoms with van der Waals surface area (Å²) in [5.74, 6) is 0.414. The number of hydrogen-bond donors (Lipinski definition) is 1. The molecular weight excluding hydrogens is 465 g/mol. The Labute approximate surface area is 148 Å². The topological polar surface area (TPSA) is 12.0 Å². The third-order valence-corrected chi connectivity index (χ3v) is 5.34. The molecule has 5 heteroatoms. The Balaban J connectivity index is 1.91. The van der Waals surface area contributed by atoms with Gasteiger partial charge < -0.3 is 5.32 Å². The largest absolute Gasteiger partial charge is 0.376 e. The van der Waals surface area contributed by atoms with Crippen LogP contribution in [0.2, 0.25) is 0 Å². The molecule has 1 nitrogen and oxygen atoms in total. The van der Waals surface area contributed by atoms with Gasteiger partial charge in [0.05, 0.1) is 11.7 Å². The van der Waals surface area contributed by atoms with Crippen molar-refractivity contribution in [1.82, 2.24) is 0 Å². The summed E-state index contributed by atoms with van der Waals surface area (Å²) >= 11 is 10.7. The lowest BCUT2D eigenvalue weighted by Gasteiger charge is -2.22. The summed E-state index contributed by atoms with van der Waals surface area (Å²) in [4.78, 5) is 0. The number of benzene rings is 2. The van der Waals surface area contributed by atoms with Crippen molar-refractivity contribution in [1.29, 1.82) is 0 Å². The Morgan fingerprint density at radius 3 is 2.10 bits per heavy atom. The molecular formula is C16H13Br3FN. The summed E-state index contributed by atoms with van der Waals surface area (Å²) in [6.07, 6.45) is 2.42. The van der Waals surface area contributed by atoms with Crippen LogP contribution in [0.25, 0.3) is 0 Å². The van der Waals surface area contributed by atoms with E-state index in [0.717, 1.165) is 24.7 Å². The van der Waals surface area contributed by atoms with E-state index < -0.39 is 0 Å². The molecule has 21 heavy (non-hydrogen) atoms. The Hall–Kier alpha value is -0.390. The summed E-state index contributed by atoms with van der Waals surface area (Å²) in [7, 11) is 0. The third kappa shape index (κ3) is 3.69. The zero-order valence-electron chi connectivity index (χ0n) is 11.0. The van der Waals surface area contributed by atoms with Crippen molar-refractivity contribution in [3.8, 4) is 0 Å². The lowest BCUT2D eigenvalue weighted by molar-refractivity contribution is 0.622. The fraction of sp³-hybridized carbons (Fsp3) is 0.250. The lowest BCUT2D eigenvalue weighted by atomic mass is 10.0. The molecule has 0 spiro atoms. The quantitative estimate of drug-likeness (QED) is 0.518. The summed E-state index contributed by atoms with van der Waals surface area (Å²) in [5, 5.41) is 3.60. The van der Waals surface area contributed by atoms with Crippen LogP contribution < -0.4 is 5.32 Å². The molecule has 0 aliphatic heterocycles. The normalized spacial score (nSPS) is 15.8. The minimum atomic E-state index is -0.195. The third-order valence-electron chi connectivity index (χ3n) is 3.63. The first-order valence-corrected chi connectivity index (χ1v) is 9.09. The standard InChI is InChI=1S/C16H13Br3FN/c17-11-7-13(18)16(14(19)8-11)21-15(9-1-2-9)10-3-5-12(20)6-4-10/h3-9,15,21H,1-2H2. The van der Waals surface area contributed by atoms with E-state index in [1.165, 1.54) is 25.0 Å². The maximum absolute atomic E-state index is 13.1. The van der Waals surface area contributed by atoms with Gasteiger partial charge in [-0.1, -0.05) is 28.1 Å². The highest BCUT2D eigenvalue weighted by atomic mass is 79.9. The number of anilines is 1.